The Bertz CT molecular complexity index is 404. The lowest BCUT2D eigenvalue weighted by molar-refractivity contribution is 0.0349. The van der Waals surface area contributed by atoms with E-state index in [2.05, 4.69) is 0 Å². The fourth-order valence-electron chi connectivity index (χ4n) is 2.06. The van der Waals surface area contributed by atoms with E-state index in [1.165, 1.54) is 0 Å². The Morgan fingerprint density at radius 3 is 2.74 bits per heavy atom. The highest BCUT2D eigenvalue weighted by Gasteiger charge is 2.18. The molecular formula is C14H21NO4. The van der Waals surface area contributed by atoms with Crippen LogP contribution in [0.4, 0.5) is 0 Å². The van der Waals surface area contributed by atoms with Crippen LogP contribution in [-0.4, -0.2) is 40.1 Å². The summed E-state index contributed by atoms with van der Waals surface area (Å²) in [5.41, 5.74) is 7.10. The summed E-state index contributed by atoms with van der Waals surface area (Å²) in [5.74, 6) is 1.38. The van der Waals surface area contributed by atoms with E-state index in [1.54, 1.807) is 14.2 Å². The Kier molecular flexibility index (Phi) is 5.01. The van der Waals surface area contributed by atoms with Gasteiger partial charge in [0.05, 0.1) is 39.6 Å². The van der Waals surface area contributed by atoms with Crippen molar-refractivity contribution in [3.05, 3.63) is 23.8 Å². The van der Waals surface area contributed by atoms with Crippen LogP contribution in [0.3, 0.4) is 0 Å². The number of nitrogens with two attached hydrogens (primary N) is 1. The summed E-state index contributed by atoms with van der Waals surface area (Å²) in [4.78, 5) is 0. The van der Waals surface area contributed by atoms with Gasteiger partial charge < -0.3 is 24.7 Å². The summed E-state index contributed by atoms with van der Waals surface area (Å²) < 4.78 is 21.4. The summed E-state index contributed by atoms with van der Waals surface area (Å²) in [6, 6.07) is 5.49. The first-order chi connectivity index (χ1) is 9.24. The smallest absolute Gasteiger partial charge is 0.161 e. The first-order valence-corrected chi connectivity index (χ1v) is 6.41. The van der Waals surface area contributed by atoms with Crippen molar-refractivity contribution in [2.24, 2.45) is 5.73 Å². The highest BCUT2D eigenvalue weighted by Crippen LogP contribution is 2.29. The molecule has 5 heteroatoms. The molecule has 1 aromatic carbocycles. The maximum absolute atomic E-state index is 6.13. The van der Waals surface area contributed by atoms with Crippen molar-refractivity contribution in [1.29, 1.82) is 0 Å². The standard InChI is InChI=1S/C14H21NO4/c1-16-13-4-3-10(7-14(13)17-2)12(15)9-19-11-5-6-18-8-11/h3-4,7,11-12H,5-6,8-9,15H2,1-2H3. The van der Waals surface area contributed by atoms with Gasteiger partial charge in [0, 0.05) is 6.61 Å². The van der Waals surface area contributed by atoms with Crippen LogP contribution in [0.5, 0.6) is 11.5 Å². The molecule has 0 saturated carbocycles. The lowest BCUT2D eigenvalue weighted by Crippen LogP contribution is -2.22. The molecule has 2 rings (SSSR count). The summed E-state index contributed by atoms with van der Waals surface area (Å²) in [6.07, 6.45) is 1.12. The highest BCUT2D eigenvalue weighted by atomic mass is 16.5. The molecular weight excluding hydrogens is 246 g/mol. The van der Waals surface area contributed by atoms with Gasteiger partial charge in [-0.15, -0.1) is 0 Å². The Morgan fingerprint density at radius 2 is 2.11 bits per heavy atom. The third-order valence-corrected chi connectivity index (χ3v) is 3.24. The normalized spacial score (nSPS) is 20.3. The quantitative estimate of drug-likeness (QED) is 0.846. The SMILES string of the molecule is COc1ccc(C(N)COC2CCOC2)cc1OC. The molecule has 0 aliphatic carbocycles. The minimum atomic E-state index is -0.180. The molecule has 1 aromatic rings. The van der Waals surface area contributed by atoms with Crippen LogP contribution in [0.25, 0.3) is 0 Å². The van der Waals surface area contributed by atoms with Gasteiger partial charge in [-0.2, -0.15) is 0 Å². The Hall–Kier alpha value is -1.30. The van der Waals surface area contributed by atoms with E-state index < -0.39 is 0 Å². The van der Waals surface area contributed by atoms with Gasteiger partial charge in [0.25, 0.3) is 0 Å². The molecule has 0 spiro atoms. The predicted octanol–water partition coefficient (Wildman–Crippen LogP) is 1.51. The second-order valence-corrected chi connectivity index (χ2v) is 4.54. The first kappa shape index (κ1) is 14.1. The van der Waals surface area contributed by atoms with E-state index in [0.29, 0.717) is 24.7 Å². The number of hydrogen-bond donors (Lipinski definition) is 1. The van der Waals surface area contributed by atoms with Crippen molar-refractivity contribution in [2.45, 2.75) is 18.6 Å². The first-order valence-electron chi connectivity index (χ1n) is 6.41. The van der Waals surface area contributed by atoms with Crippen molar-refractivity contribution in [2.75, 3.05) is 34.0 Å². The van der Waals surface area contributed by atoms with Crippen LogP contribution < -0.4 is 15.2 Å². The second-order valence-electron chi connectivity index (χ2n) is 4.54. The summed E-state index contributed by atoms with van der Waals surface area (Å²) in [5, 5.41) is 0. The van der Waals surface area contributed by atoms with Crippen molar-refractivity contribution < 1.29 is 18.9 Å². The van der Waals surface area contributed by atoms with E-state index in [4.69, 9.17) is 24.7 Å². The maximum Gasteiger partial charge on any atom is 0.161 e. The van der Waals surface area contributed by atoms with Crippen molar-refractivity contribution in [1.82, 2.24) is 0 Å². The molecule has 1 aliphatic rings. The van der Waals surface area contributed by atoms with E-state index >= 15 is 0 Å². The summed E-state index contributed by atoms with van der Waals surface area (Å²) in [7, 11) is 3.22. The van der Waals surface area contributed by atoms with Crippen molar-refractivity contribution in [3.63, 3.8) is 0 Å². The van der Waals surface area contributed by atoms with Gasteiger partial charge in [0.1, 0.15) is 0 Å². The summed E-state index contributed by atoms with van der Waals surface area (Å²) >= 11 is 0. The topological polar surface area (TPSA) is 62.9 Å². The van der Waals surface area contributed by atoms with E-state index in [9.17, 15) is 0 Å². The Morgan fingerprint density at radius 1 is 1.32 bits per heavy atom. The zero-order valence-corrected chi connectivity index (χ0v) is 11.4. The lowest BCUT2D eigenvalue weighted by Gasteiger charge is -2.17. The van der Waals surface area contributed by atoms with Gasteiger partial charge in [-0.3, -0.25) is 0 Å². The van der Waals surface area contributed by atoms with Crippen LogP contribution in [-0.2, 0) is 9.47 Å². The largest absolute Gasteiger partial charge is 0.493 e. The minimum Gasteiger partial charge on any atom is -0.493 e. The molecule has 1 aliphatic heterocycles. The second kappa shape index (κ2) is 6.75. The van der Waals surface area contributed by atoms with Gasteiger partial charge in [0.15, 0.2) is 11.5 Å². The highest BCUT2D eigenvalue weighted by molar-refractivity contribution is 5.43. The van der Waals surface area contributed by atoms with Crippen LogP contribution in [0.1, 0.15) is 18.0 Å². The average Bonchev–Trinajstić information content (AvgIpc) is 2.97. The number of rotatable bonds is 6. The Labute approximate surface area is 113 Å². The molecule has 0 radical (unpaired) electrons. The van der Waals surface area contributed by atoms with Gasteiger partial charge in [-0.05, 0) is 24.1 Å². The fraction of sp³-hybridized carbons (Fsp3) is 0.571. The fourth-order valence-corrected chi connectivity index (χ4v) is 2.06. The third-order valence-electron chi connectivity index (χ3n) is 3.24. The molecule has 106 valence electrons. The summed E-state index contributed by atoms with van der Waals surface area (Å²) in [6.45, 7) is 1.92. The van der Waals surface area contributed by atoms with Gasteiger partial charge in [-0.1, -0.05) is 6.07 Å². The molecule has 0 bridgehead atoms. The van der Waals surface area contributed by atoms with Crippen LogP contribution >= 0.6 is 0 Å². The van der Waals surface area contributed by atoms with Crippen LogP contribution in [0, 0.1) is 0 Å². The molecule has 2 unspecified atom stereocenters. The van der Waals surface area contributed by atoms with Crippen LogP contribution in [0.2, 0.25) is 0 Å². The minimum absolute atomic E-state index is 0.172. The lowest BCUT2D eigenvalue weighted by atomic mass is 10.1. The zero-order valence-electron chi connectivity index (χ0n) is 11.4. The number of benzene rings is 1. The predicted molar refractivity (Wildman–Crippen MR) is 71.7 cm³/mol. The molecule has 19 heavy (non-hydrogen) atoms. The molecule has 1 heterocycles. The number of methoxy groups -OCH3 is 2. The Balaban J connectivity index is 1.95. The molecule has 0 aromatic heterocycles. The van der Waals surface area contributed by atoms with Gasteiger partial charge in [0.2, 0.25) is 0 Å². The van der Waals surface area contributed by atoms with Gasteiger partial charge in [-0.25, -0.2) is 0 Å². The molecule has 0 amide bonds. The zero-order chi connectivity index (χ0) is 13.7. The number of hydrogen-bond acceptors (Lipinski definition) is 5. The van der Waals surface area contributed by atoms with Gasteiger partial charge >= 0.3 is 0 Å². The maximum atomic E-state index is 6.13. The molecule has 5 nitrogen and oxygen atoms in total. The average molecular weight is 267 g/mol. The molecule has 2 N–H and O–H groups in total. The van der Waals surface area contributed by atoms with E-state index in [-0.39, 0.29) is 12.1 Å². The monoisotopic (exact) mass is 267 g/mol. The molecule has 1 fully saturated rings. The van der Waals surface area contributed by atoms with Crippen LogP contribution in [0.15, 0.2) is 18.2 Å². The third kappa shape index (κ3) is 3.59. The molecule has 1 saturated heterocycles. The number of ether oxygens (including phenoxy) is 4. The van der Waals surface area contributed by atoms with E-state index in [0.717, 1.165) is 18.6 Å². The van der Waals surface area contributed by atoms with E-state index in [1.807, 2.05) is 18.2 Å². The van der Waals surface area contributed by atoms with Crippen molar-refractivity contribution in [3.8, 4) is 11.5 Å². The molecule has 2 atom stereocenters. The van der Waals surface area contributed by atoms with Crippen molar-refractivity contribution >= 4 is 0 Å².